The van der Waals surface area contributed by atoms with Crippen molar-refractivity contribution in [3.63, 3.8) is 0 Å². The summed E-state index contributed by atoms with van der Waals surface area (Å²) >= 11 is 11.6. The first-order valence-corrected chi connectivity index (χ1v) is 4.92. The molecule has 0 unspecified atom stereocenters. The van der Waals surface area contributed by atoms with Crippen molar-refractivity contribution in [2.75, 3.05) is 0 Å². The fraction of sp³-hybridized carbons (Fsp3) is 0. The van der Waals surface area contributed by atoms with Crippen molar-refractivity contribution in [3.8, 4) is 11.1 Å². The van der Waals surface area contributed by atoms with Crippen LogP contribution in [-0.4, -0.2) is 10.2 Å². The molecule has 1 aromatic heterocycles. The van der Waals surface area contributed by atoms with Gasteiger partial charge in [-0.3, -0.25) is 4.79 Å². The van der Waals surface area contributed by atoms with Gasteiger partial charge in [-0.15, -0.1) is 0 Å². The Hall–Kier alpha value is -1.32. The van der Waals surface area contributed by atoms with Crippen LogP contribution in [0.5, 0.6) is 0 Å². The highest BCUT2D eigenvalue weighted by Gasteiger charge is 2.02. The Labute approximate surface area is 95.7 Å². The number of H-pyrrole nitrogens is 1. The van der Waals surface area contributed by atoms with Gasteiger partial charge in [-0.1, -0.05) is 29.3 Å². The summed E-state index contributed by atoms with van der Waals surface area (Å²) in [6.07, 6.45) is 1.56. The highest BCUT2D eigenvalue weighted by molar-refractivity contribution is 6.42. The van der Waals surface area contributed by atoms with Gasteiger partial charge in [-0.2, -0.15) is 5.10 Å². The zero-order valence-electron chi connectivity index (χ0n) is 7.50. The molecule has 0 radical (unpaired) electrons. The third-order valence-electron chi connectivity index (χ3n) is 1.92. The molecule has 0 bridgehead atoms. The predicted molar refractivity (Wildman–Crippen MR) is 60.3 cm³/mol. The van der Waals surface area contributed by atoms with Gasteiger partial charge < -0.3 is 0 Å². The van der Waals surface area contributed by atoms with Gasteiger partial charge in [0.1, 0.15) is 0 Å². The highest BCUT2D eigenvalue weighted by Crippen LogP contribution is 2.27. The summed E-state index contributed by atoms with van der Waals surface area (Å²) in [5, 5.41) is 6.94. The van der Waals surface area contributed by atoms with Crippen molar-refractivity contribution in [2.24, 2.45) is 0 Å². The summed E-state index contributed by atoms with van der Waals surface area (Å²) in [6, 6.07) is 6.61. The molecule has 2 aromatic rings. The highest BCUT2D eigenvalue weighted by atomic mass is 35.5. The molecule has 5 heteroatoms. The van der Waals surface area contributed by atoms with Crippen LogP contribution in [-0.2, 0) is 0 Å². The Bertz CT molecular complexity index is 551. The monoisotopic (exact) mass is 240 g/mol. The summed E-state index contributed by atoms with van der Waals surface area (Å²) in [5.74, 6) is 0. The Balaban J connectivity index is 2.55. The van der Waals surface area contributed by atoms with Crippen LogP contribution >= 0.6 is 23.2 Å². The Morgan fingerprint density at radius 3 is 2.53 bits per heavy atom. The van der Waals surface area contributed by atoms with E-state index in [0.717, 1.165) is 5.56 Å². The van der Waals surface area contributed by atoms with Crippen LogP contribution in [0.1, 0.15) is 0 Å². The quantitative estimate of drug-likeness (QED) is 0.834. The van der Waals surface area contributed by atoms with E-state index in [1.165, 1.54) is 6.07 Å². The lowest BCUT2D eigenvalue weighted by Gasteiger charge is -2.01. The number of rotatable bonds is 1. The molecule has 0 amide bonds. The molecule has 76 valence electrons. The second-order valence-electron chi connectivity index (χ2n) is 2.96. The van der Waals surface area contributed by atoms with Gasteiger partial charge in [0.25, 0.3) is 5.56 Å². The summed E-state index contributed by atoms with van der Waals surface area (Å²) in [5.41, 5.74) is 1.26. The molecular weight excluding hydrogens is 235 g/mol. The van der Waals surface area contributed by atoms with E-state index < -0.39 is 0 Å². The second-order valence-corrected chi connectivity index (χ2v) is 3.78. The Morgan fingerprint density at radius 2 is 1.87 bits per heavy atom. The summed E-state index contributed by atoms with van der Waals surface area (Å²) in [6.45, 7) is 0. The molecule has 1 aromatic carbocycles. The van der Waals surface area contributed by atoms with Gasteiger partial charge in [0.15, 0.2) is 0 Å². The number of halogens is 2. The molecule has 1 N–H and O–H groups in total. The van der Waals surface area contributed by atoms with Crippen molar-refractivity contribution >= 4 is 23.2 Å². The van der Waals surface area contributed by atoms with E-state index in [1.54, 1.807) is 24.4 Å². The van der Waals surface area contributed by atoms with E-state index in [9.17, 15) is 4.79 Å². The summed E-state index contributed by atoms with van der Waals surface area (Å²) in [7, 11) is 0. The van der Waals surface area contributed by atoms with Gasteiger partial charge in [0.05, 0.1) is 16.2 Å². The van der Waals surface area contributed by atoms with Crippen LogP contribution in [0.3, 0.4) is 0 Å². The van der Waals surface area contributed by atoms with Gasteiger partial charge in [-0.05, 0) is 17.7 Å². The third kappa shape index (κ3) is 2.19. The molecule has 0 aliphatic heterocycles. The first-order chi connectivity index (χ1) is 7.16. The fourth-order valence-electron chi connectivity index (χ4n) is 1.21. The molecule has 0 saturated heterocycles. The SMILES string of the molecule is O=c1cc(-c2ccc(Cl)c(Cl)c2)cn[nH]1. The van der Waals surface area contributed by atoms with Crippen LogP contribution in [0.15, 0.2) is 35.3 Å². The molecule has 0 spiro atoms. The van der Waals surface area contributed by atoms with E-state index in [4.69, 9.17) is 23.2 Å². The minimum absolute atomic E-state index is 0.251. The van der Waals surface area contributed by atoms with E-state index in [1.807, 2.05) is 0 Å². The average Bonchev–Trinajstić information content (AvgIpc) is 2.22. The first-order valence-electron chi connectivity index (χ1n) is 4.17. The predicted octanol–water partition coefficient (Wildman–Crippen LogP) is 2.74. The second kappa shape index (κ2) is 4.04. The normalized spacial score (nSPS) is 10.3. The fourth-order valence-corrected chi connectivity index (χ4v) is 1.51. The number of nitrogens with zero attached hydrogens (tertiary/aromatic N) is 1. The molecular formula is C10H6Cl2N2O. The molecule has 3 nitrogen and oxygen atoms in total. The Kier molecular flexibility index (Phi) is 2.75. The first kappa shape index (κ1) is 10.2. The van der Waals surface area contributed by atoms with Crippen molar-refractivity contribution in [3.05, 3.63) is 50.9 Å². The number of aromatic amines is 1. The molecule has 0 fully saturated rings. The maximum Gasteiger partial charge on any atom is 0.264 e. The minimum atomic E-state index is -0.251. The maximum absolute atomic E-state index is 11.0. The van der Waals surface area contributed by atoms with E-state index in [2.05, 4.69) is 10.2 Å². The lowest BCUT2D eigenvalue weighted by molar-refractivity contribution is 0.991. The van der Waals surface area contributed by atoms with Crippen molar-refractivity contribution < 1.29 is 0 Å². The largest absolute Gasteiger partial charge is 0.268 e. The summed E-state index contributed by atoms with van der Waals surface area (Å²) < 4.78 is 0. The van der Waals surface area contributed by atoms with Crippen molar-refractivity contribution in [1.82, 2.24) is 10.2 Å². The van der Waals surface area contributed by atoms with Crippen molar-refractivity contribution in [2.45, 2.75) is 0 Å². The Morgan fingerprint density at radius 1 is 1.07 bits per heavy atom. The van der Waals surface area contributed by atoms with Crippen LogP contribution in [0.25, 0.3) is 11.1 Å². The minimum Gasteiger partial charge on any atom is -0.268 e. The molecule has 0 atom stereocenters. The molecule has 2 rings (SSSR count). The lowest BCUT2D eigenvalue weighted by atomic mass is 10.1. The molecule has 0 aliphatic rings. The van der Waals surface area contributed by atoms with Gasteiger partial charge >= 0.3 is 0 Å². The third-order valence-corrected chi connectivity index (χ3v) is 2.66. The lowest BCUT2D eigenvalue weighted by Crippen LogP contribution is -2.05. The number of nitrogens with one attached hydrogen (secondary N) is 1. The van der Waals surface area contributed by atoms with Crippen LogP contribution in [0, 0.1) is 0 Å². The standard InChI is InChI=1S/C10H6Cl2N2O/c11-8-2-1-6(3-9(8)12)7-4-10(15)14-13-5-7/h1-5H,(H,14,15). The number of benzene rings is 1. The van der Waals surface area contributed by atoms with Gasteiger partial charge in [0.2, 0.25) is 0 Å². The number of aromatic nitrogens is 2. The van der Waals surface area contributed by atoms with Crippen LogP contribution in [0.2, 0.25) is 10.0 Å². The van der Waals surface area contributed by atoms with E-state index in [-0.39, 0.29) is 5.56 Å². The zero-order chi connectivity index (χ0) is 10.8. The number of hydrogen-bond donors (Lipinski definition) is 1. The smallest absolute Gasteiger partial charge is 0.264 e. The maximum atomic E-state index is 11.0. The topological polar surface area (TPSA) is 45.8 Å². The molecule has 15 heavy (non-hydrogen) atoms. The van der Waals surface area contributed by atoms with Gasteiger partial charge in [-0.25, -0.2) is 5.10 Å². The summed E-state index contributed by atoms with van der Waals surface area (Å²) in [4.78, 5) is 11.0. The molecule has 1 heterocycles. The molecule has 0 saturated carbocycles. The van der Waals surface area contributed by atoms with Crippen LogP contribution < -0.4 is 5.56 Å². The number of hydrogen-bond acceptors (Lipinski definition) is 2. The average molecular weight is 241 g/mol. The zero-order valence-corrected chi connectivity index (χ0v) is 9.01. The van der Waals surface area contributed by atoms with Crippen molar-refractivity contribution in [1.29, 1.82) is 0 Å². The molecule has 0 aliphatic carbocycles. The van der Waals surface area contributed by atoms with E-state index >= 15 is 0 Å². The van der Waals surface area contributed by atoms with Gasteiger partial charge in [0, 0.05) is 11.6 Å². The van der Waals surface area contributed by atoms with Crippen LogP contribution in [0.4, 0.5) is 0 Å². The van der Waals surface area contributed by atoms with E-state index in [0.29, 0.717) is 15.6 Å².